The summed E-state index contributed by atoms with van der Waals surface area (Å²) in [5, 5.41) is 0. The summed E-state index contributed by atoms with van der Waals surface area (Å²) in [6, 6.07) is 0. The Labute approximate surface area is 155 Å². The van der Waals surface area contributed by atoms with Crippen molar-refractivity contribution >= 4 is 47.8 Å². The Morgan fingerprint density at radius 3 is 1.84 bits per heavy atom. The molecule has 2 aromatic heterocycles. The van der Waals surface area contributed by atoms with E-state index >= 15 is 0 Å². The molecular weight excluding hydrogens is 322 g/mol. The third kappa shape index (κ3) is 3.45. The number of hydrogen-bond donors (Lipinski definition) is 1. The lowest BCUT2D eigenvalue weighted by atomic mass is 10.0. The summed E-state index contributed by atoms with van der Waals surface area (Å²) >= 11 is 1.74. The summed E-state index contributed by atoms with van der Waals surface area (Å²) in [5.74, 6) is 0. The van der Waals surface area contributed by atoms with Crippen molar-refractivity contribution in [2.24, 2.45) is 0 Å². The number of nitrogens with one attached hydrogen (secondary N) is 1. The van der Waals surface area contributed by atoms with Gasteiger partial charge in [-0.2, -0.15) is 0 Å². The van der Waals surface area contributed by atoms with Gasteiger partial charge in [0.2, 0.25) is 0 Å². The fourth-order valence-corrected chi connectivity index (χ4v) is 4.23. The molecule has 0 aliphatic heterocycles. The summed E-state index contributed by atoms with van der Waals surface area (Å²) in [5.41, 5.74) is 6.66. The lowest BCUT2D eigenvalue weighted by Gasteiger charge is -2.01. The summed E-state index contributed by atoms with van der Waals surface area (Å²) in [7, 11) is 0. The first-order valence-corrected chi connectivity index (χ1v) is 9.16. The van der Waals surface area contributed by atoms with Gasteiger partial charge >= 0.3 is 0 Å². The molecule has 0 fully saturated rings. The third-order valence-corrected chi connectivity index (χ3v) is 5.15. The van der Waals surface area contributed by atoms with Crippen LogP contribution in [0.4, 0.5) is 0 Å². The van der Waals surface area contributed by atoms with Crippen molar-refractivity contribution in [3.8, 4) is 10.6 Å². The number of aromatic amines is 1. The van der Waals surface area contributed by atoms with Gasteiger partial charge in [-0.25, -0.2) is 0 Å². The van der Waals surface area contributed by atoms with Crippen molar-refractivity contribution in [3.05, 3.63) is 70.8 Å². The second-order valence-electron chi connectivity index (χ2n) is 5.48. The molecule has 2 heterocycles. The monoisotopic (exact) mass is 347 g/mol. The molecule has 0 saturated heterocycles. The molecule has 0 saturated carbocycles. The molecule has 0 aliphatic rings. The van der Waals surface area contributed by atoms with E-state index in [9.17, 15) is 0 Å². The zero-order chi connectivity index (χ0) is 18.4. The highest BCUT2D eigenvalue weighted by molar-refractivity contribution is 7.17. The number of hydrogen-bond acceptors (Lipinski definition) is 1. The van der Waals surface area contributed by atoms with Gasteiger partial charge < -0.3 is 4.98 Å². The number of thiophene rings is 1. The van der Waals surface area contributed by atoms with Crippen LogP contribution in [0, 0.1) is 0 Å². The van der Waals surface area contributed by atoms with Crippen molar-refractivity contribution in [1.29, 1.82) is 0 Å². The third-order valence-electron chi connectivity index (χ3n) is 3.95. The fraction of sp³-hybridized carbons (Fsp3) is 0.130. The molecule has 1 N–H and O–H groups in total. The molecule has 0 spiro atoms. The minimum atomic E-state index is 1.08. The largest absolute Gasteiger partial charge is 0.353 e. The summed E-state index contributed by atoms with van der Waals surface area (Å²) < 4.78 is 0. The molecule has 0 unspecified atom stereocenters. The number of aromatic nitrogens is 1. The smallest absolute Gasteiger partial charge is 0.0646 e. The van der Waals surface area contributed by atoms with E-state index < -0.39 is 0 Å². The average molecular weight is 348 g/mol. The van der Waals surface area contributed by atoms with E-state index in [0.717, 1.165) is 38.5 Å². The Morgan fingerprint density at radius 2 is 1.32 bits per heavy atom. The summed E-state index contributed by atoms with van der Waals surface area (Å²) in [4.78, 5) is 5.93. The van der Waals surface area contributed by atoms with Crippen molar-refractivity contribution in [2.75, 3.05) is 0 Å². The van der Waals surface area contributed by atoms with E-state index in [1.807, 2.05) is 45.1 Å². The second-order valence-corrected chi connectivity index (χ2v) is 6.53. The predicted octanol–water partition coefficient (Wildman–Crippen LogP) is 7.77. The Hall–Kier alpha value is -2.58. The first kappa shape index (κ1) is 18.8. The number of rotatable bonds is 7. The van der Waals surface area contributed by atoms with Crippen LogP contribution in [0.3, 0.4) is 0 Å². The molecule has 0 bridgehead atoms. The highest BCUT2D eigenvalue weighted by atomic mass is 32.1. The second kappa shape index (κ2) is 8.50. The Morgan fingerprint density at radius 1 is 0.720 bits per heavy atom. The zero-order valence-electron chi connectivity index (χ0n) is 15.2. The van der Waals surface area contributed by atoms with Crippen LogP contribution in [0.15, 0.2) is 38.0 Å². The quantitative estimate of drug-likeness (QED) is 0.526. The molecule has 2 aromatic rings. The van der Waals surface area contributed by atoms with Gasteiger partial charge in [-0.1, -0.05) is 62.3 Å². The van der Waals surface area contributed by atoms with E-state index in [-0.39, 0.29) is 0 Å². The molecule has 0 aromatic carbocycles. The van der Waals surface area contributed by atoms with Crippen LogP contribution < -0.4 is 0 Å². The van der Waals surface area contributed by atoms with Gasteiger partial charge in [-0.3, -0.25) is 0 Å². The highest BCUT2D eigenvalue weighted by Crippen LogP contribution is 2.42. The molecule has 0 amide bonds. The van der Waals surface area contributed by atoms with Crippen LogP contribution in [0.2, 0.25) is 0 Å². The molecule has 0 radical (unpaired) electrons. The standard InChI is InChI=1S/C23H25NS/c1-7-13-19-17(11-5)22(24-20(19)14-8-2)23-18(12-6)16(10-4)21(25-23)15-9-3/h7-15,24H,4-6H2,1-3H3/b13-7-,14-8-,15-9-. The lowest BCUT2D eigenvalue weighted by Crippen LogP contribution is -1.82. The van der Waals surface area contributed by atoms with Gasteiger partial charge in [0.15, 0.2) is 0 Å². The van der Waals surface area contributed by atoms with Gasteiger partial charge in [-0.15, -0.1) is 11.3 Å². The van der Waals surface area contributed by atoms with Crippen molar-refractivity contribution < 1.29 is 0 Å². The van der Waals surface area contributed by atoms with E-state index in [2.05, 4.69) is 55.1 Å². The molecular formula is C23H25NS. The van der Waals surface area contributed by atoms with Gasteiger partial charge in [0, 0.05) is 27.3 Å². The maximum absolute atomic E-state index is 4.04. The first-order chi connectivity index (χ1) is 12.2. The lowest BCUT2D eigenvalue weighted by molar-refractivity contribution is 1.37. The van der Waals surface area contributed by atoms with Crippen LogP contribution in [0.25, 0.3) is 47.0 Å². The molecule has 0 aliphatic carbocycles. The number of allylic oxidation sites excluding steroid dienone is 3. The normalized spacial score (nSPS) is 11.8. The van der Waals surface area contributed by atoms with Gasteiger partial charge in [0.05, 0.1) is 10.6 Å². The van der Waals surface area contributed by atoms with Crippen LogP contribution in [-0.4, -0.2) is 4.98 Å². The van der Waals surface area contributed by atoms with E-state index in [4.69, 9.17) is 0 Å². The molecule has 0 atom stereocenters. The van der Waals surface area contributed by atoms with Crippen molar-refractivity contribution in [1.82, 2.24) is 4.98 Å². The Bertz CT molecular complexity index is 882. The molecule has 25 heavy (non-hydrogen) atoms. The van der Waals surface area contributed by atoms with Crippen molar-refractivity contribution in [2.45, 2.75) is 20.8 Å². The van der Waals surface area contributed by atoms with Gasteiger partial charge in [0.1, 0.15) is 0 Å². The van der Waals surface area contributed by atoms with Crippen LogP contribution >= 0.6 is 11.3 Å². The minimum absolute atomic E-state index is 1.08. The maximum Gasteiger partial charge on any atom is 0.0646 e. The minimum Gasteiger partial charge on any atom is -0.353 e. The summed E-state index contributed by atoms with van der Waals surface area (Å²) in [6.45, 7) is 18.1. The van der Waals surface area contributed by atoms with E-state index in [1.54, 1.807) is 11.3 Å². The Balaban J connectivity index is 2.86. The Kier molecular flexibility index (Phi) is 6.37. The van der Waals surface area contributed by atoms with Crippen molar-refractivity contribution in [3.63, 3.8) is 0 Å². The predicted molar refractivity (Wildman–Crippen MR) is 119 cm³/mol. The first-order valence-electron chi connectivity index (χ1n) is 8.35. The molecule has 2 heteroatoms. The molecule has 128 valence electrons. The zero-order valence-corrected chi connectivity index (χ0v) is 16.0. The molecule has 1 nitrogen and oxygen atoms in total. The fourth-order valence-electron chi connectivity index (χ4n) is 2.93. The average Bonchev–Trinajstić information content (AvgIpc) is 3.13. The SMILES string of the molecule is C=Cc1c(/C=C\C)sc(-c2[nH]c(/C=C\C)c(/C=C\C)c2C=C)c1C=C. The topological polar surface area (TPSA) is 15.8 Å². The summed E-state index contributed by atoms with van der Waals surface area (Å²) in [6.07, 6.45) is 18.2. The number of H-pyrrole nitrogens is 1. The van der Waals surface area contributed by atoms with Gasteiger partial charge in [-0.05, 0) is 38.5 Å². The van der Waals surface area contributed by atoms with Crippen LogP contribution in [0.5, 0.6) is 0 Å². The van der Waals surface area contributed by atoms with E-state index in [0.29, 0.717) is 0 Å². The molecule has 2 rings (SSSR count). The maximum atomic E-state index is 4.04. The highest BCUT2D eigenvalue weighted by Gasteiger charge is 2.20. The van der Waals surface area contributed by atoms with E-state index in [1.165, 1.54) is 4.88 Å². The van der Waals surface area contributed by atoms with Crippen LogP contribution in [-0.2, 0) is 0 Å². The van der Waals surface area contributed by atoms with Gasteiger partial charge in [0.25, 0.3) is 0 Å². The van der Waals surface area contributed by atoms with Crippen LogP contribution in [0.1, 0.15) is 53.6 Å².